The Labute approximate surface area is 77.6 Å². The predicted molar refractivity (Wildman–Crippen MR) is 42.3 cm³/mol. The van der Waals surface area contributed by atoms with Crippen molar-refractivity contribution in [1.82, 2.24) is 0 Å². The van der Waals surface area contributed by atoms with E-state index >= 15 is 0 Å². The molecule has 0 aromatic carbocycles. The lowest BCUT2D eigenvalue weighted by molar-refractivity contribution is -0.0886. The van der Waals surface area contributed by atoms with Crippen LogP contribution in [0.3, 0.4) is 0 Å². The molecule has 0 nitrogen and oxygen atoms in total. The highest BCUT2D eigenvalue weighted by Gasteiger charge is 2.34. The van der Waals surface area contributed by atoms with Crippen molar-refractivity contribution >= 4 is 23.2 Å². The Morgan fingerprint density at radius 3 is 2.42 bits per heavy atom. The van der Waals surface area contributed by atoms with Crippen LogP contribution in [0.4, 0.5) is 13.2 Å². The van der Waals surface area contributed by atoms with Gasteiger partial charge in [-0.15, -0.1) is 11.6 Å². The number of hydrogen-bond acceptors (Lipinski definition) is 0. The second-order valence-electron chi connectivity index (χ2n) is 2.43. The van der Waals surface area contributed by atoms with Gasteiger partial charge < -0.3 is 0 Å². The third-order valence-electron chi connectivity index (χ3n) is 1.39. The fourth-order valence-corrected chi connectivity index (χ4v) is 1.56. The van der Waals surface area contributed by atoms with Crippen molar-refractivity contribution < 1.29 is 13.2 Å². The molecule has 1 rings (SSSR count). The molecule has 1 unspecified atom stereocenters. The van der Waals surface area contributed by atoms with E-state index in [2.05, 4.69) is 0 Å². The standard InChI is InChI=1S/C7H5Cl2F3/c8-5-1-4(7(10,11)12)2-6(9)3-5/h1-2,5H,3H2. The Bertz CT molecular complexity index is 240. The van der Waals surface area contributed by atoms with Gasteiger partial charge in [-0.25, -0.2) is 0 Å². The van der Waals surface area contributed by atoms with Crippen molar-refractivity contribution in [3.05, 3.63) is 22.8 Å². The third-order valence-corrected chi connectivity index (χ3v) is 1.93. The first-order valence-electron chi connectivity index (χ1n) is 3.19. The average Bonchev–Trinajstić information content (AvgIpc) is 1.82. The molecule has 12 heavy (non-hydrogen) atoms. The van der Waals surface area contributed by atoms with Crippen LogP contribution in [-0.4, -0.2) is 11.6 Å². The van der Waals surface area contributed by atoms with Gasteiger partial charge in [0.05, 0.1) is 11.0 Å². The monoisotopic (exact) mass is 216 g/mol. The number of halogens is 5. The van der Waals surface area contributed by atoms with E-state index in [1.807, 2.05) is 0 Å². The van der Waals surface area contributed by atoms with Crippen LogP contribution in [-0.2, 0) is 0 Å². The lowest BCUT2D eigenvalue weighted by Crippen LogP contribution is -2.15. The van der Waals surface area contributed by atoms with Gasteiger partial charge in [-0.1, -0.05) is 17.7 Å². The zero-order valence-electron chi connectivity index (χ0n) is 5.83. The maximum absolute atomic E-state index is 12.1. The van der Waals surface area contributed by atoms with Gasteiger partial charge in [0.25, 0.3) is 0 Å². The first-order chi connectivity index (χ1) is 5.39. The number of hydrogen-bond donors (Lipinski definition) is 0. The van der Waals surface area contributed by atoms with Gasteiger partial charge in [0.15, 0.2) is 0 Å². The molecule has 1 atom stereocenters. The Balaban J connectivity index is 2.91. The molecule has 0 saturated heterocycles. The molecule has 0 N–H and O–H groups in total. The van der Waals surface area contributed by atoms with Gasteiger partial charge in [0.1, 0.15) is 0 Å². The molecule has 1 aliphatic rings. The summed E-state index contributed by atoms with van der Waals surface area (Å²) in [5, 5.41) is -0.510. The van der Waals surface area contributed by atoms with Gasteiger partial charge in [-0.2, -0.15) is 13.2 Å². The van der Waals surface area contributed by atoms with E-state index in [1.54, 1.807) is 0 Å². The Morgan fingerprint density at radius 2 is 2.00 bits per heavy atom. The lowest BCUT2D eigenvalue weighted by atomic mass is 10.1. The van der Waals surface area contributed by atoms with E-state index in [1.165, 1.54) is 0 Å². The number of allylic oxidation sites excluding steroid dienone is 4. The third kappa shape index (κ3) is 2.42. The van der Waals surface area contributed by atoms with E-state index in [-0.39, 0.29) is 11.5 Å². The molecule has 0 radical (unpaired) electrons. The molecule has 0 heterocycles. The van der Waals surface area contributed by atoms with Crippen molar-refractivity contribution in [3.63, 3.8) is 0 Å². The Morgan fingerprint density at radius 1 is 1.42 bits per heavy atom. The molecule has 0 aromatic heterocycles. The fraction of sp³-hybridized carbons (Fsp3) is 0.429. The molecule has 68 valence electrons. The van der Waals surface area contributed by atoms with Crippen LogP contribution in [0.1, 0.15) is 6.42 Å². The normalized spacial score (nSPS) is 24.9. The van der Waals surface area contributed by atoms with Gasteiger partial charge in [-0.3, -0.25) is 0 Å². The maximum atomic E-state index is 12.1. The molecule has 5 heteroatoms. The Kier molecular flexibility index (Phi) is 2.74. The minimum absolute atomic E-state index is 0.143. The molecule has 0 aliphatic heterocycles. The average molecular weight is 217 g/mol. The minimum atomic E-state index is -4.35. The molecule has 0 bridgehead atoms. The quantitative estimate of drug-likeness (QED) is 0.543. The zero-order valence-corrected chi connectivity index (χ0v) is 7.34. The smallest absolute Gasteiger partial charge is 0.166 e. The van der Waals surface area contributed by atoms with Crippen LogP contribution in [0.5, 0.6) is 0 Å². The Hall–Kier alpha value is -0.150. The van der Waals surface area contributed by atoms with Crippen molar-refractivity contribution in [2.75, 3.05) is 0 Å². The van der Waals surface area contributed by atoms with E-state index < -0.39 is 17.1 Å². The first kappa shape index (κ1) is 9.93. The largest absolute Gasteiger partial charge is 0.416 e. The summed E-state index contributed by atoms with van der Waals surface area (Å²) in [7, 11) is 0. The molecule has 0 amide bonds. The van der Waals surface area contributed by atoms with Crippen LogP contribution in [0.15, 0.2) is 22.8 Å². The first-order valence-corrected chi connectivity index (χ1v) is 4.00. The molecule has 1 aliphatic carbocycles. The van der Waals surface area contributed by atoms with Gasteiger partial charge >= 0.3 is 6.18 Å². The molecule has 0 fully saturated rings. The molecular formula is C7H5Cl2F3. The highest BCUT2D eigenvalue weighted by atomic mass is 35.5. The van der Waals surface area contributed by atoms with Gasteiger partial charge in [-0.05, 0) is 6.08 Å². The van der Waals surface area contributed by atoms with Crippen molar-refractivity contribution in [1.29, 1.82) is 0 Å². The zero-order chi connectivity index (χ0) is 9.35. The van der Waals surface area contributed by atoms with Crippen LogP contribution < -0.4 is 0 Å². The summed E-state index contributed by atoms with van der Waals surface area (Å²) in [5.41, 5.74) is -0.765. The predicted octanol–water partition coefficient (Wildman–Crippen LogP) is 3.61. The number of alkyl halides is 4. The number of rotatable bonds is 0. The van der Waals surface area contributed by atoms with Crippen LogP contribution >= 0.6 is 23.2 Å². The summed E-state index contributed by atoms with van der Waals surface area (Å²) >= 11 is 11.0. The van der Waals surface area contributed by atoms with E-state index in [0.29, 0.717) is 0 Å². The summed E-state index contributed by atoms with van der Waals surface area (Å²) in [4.78, 5) is 0. The van der Waals surface area contributed by atoms with E-state index in [4.69, 9.17) is 23.2 Å². The van der Waals surface area contributed by atoms with Crippen LogP contribution in [0.25, 0.3) is 0 Å². The summed E-state index contributed by atoms with van der Waals surface area (Å²) in [6.45, 7) is 0. The van der Waals surface area contributed by atoms with Crippen LogP contribution in [0.2, 0.25) is 0 Å². The van der Waals surface area contributed by atoms with Gasteiger partial charge in [0.2, 0.25) is 0 Å². The lowest BCUT2D eigenvalue weighted by Gasteiger charge is -2.15. The summed E-state index contributed by atoms with van der Waals surface area (Å²) in [6, 6.07) is 0. The second kappa shape index (κ2) is 3.30. The van der Waals surface area contributed by atoms with Crippen molar-refractivity contribution in [2.45, 2.75) is 18.0 Å². The highest BCUT2D eigenvalue weighted by molar-refractivity contribution is 6.31. The summed E-state index contributed by atoms with van der Waals surface area (Å²) < 4.78 is 36.2. The summed E-state index contributed by atoms with van der Waals surface area (Å²) in [6.07, 6.45) is -2.22. The SMILES string of the molecule is FC(F)(F)C1=CC(Cl)CC(Cl)=C1. The maximum Gasteiger partial charge on any atom is 0.416 e. The molecule has 0 spiro atoms. The minimum Gasteiger partial charge on any atom is -0.166 e. The topological polar surface area (TPSA) is 0 Å². The molecule has 0 aromatic rings. The van der Waals surface area contributed by atoms with Crippen molar-refractivity contribution in [3.8, 4) is 0 Å². The van der Waals surface area contributed by atoms with Crippen LogP contribution in [0, 0.1) is 0 Å². The second-order valence-corrected chi connectivity index (χ2v) is 3.48. The van der Waals surface area contributed by atoms with Gasteiger partial charge in [0, 0.05) is 11.5 Å². The highest BCUT2D eigenvalue weighted by Crippen LogP contribution is 2.34. The molecule has 0 saturated carbocycles. The fourth-order valence-electron chi connectivity index (χ4n) is 0.892. The summed E-state index contributed by atoms with van der Waals surface area (Å²) in [5.74, 6) is 0. The van der Waals surface area contributed by atoms with E-state index in [0.717, 1.165) is 12.2 Å². The van der Waals surface area contributed by atoms with E-state index in [9.17, 15) is 13.2 Å². The molecular weight excluding hydrogens is 212 g/mol. The van der Waals surface area contributed by atoms with Crippen molar-refractivity contribution in [2.24, 2.45) is 0 Å².